The topological polar surface area (TPSA) is 55.2 Å². The van der Waals surface area contributed by atoms with Crippen molar-refractivity contribution in [1.29, 1.82) is 0 Å². The number of aromatic nitrogens is 2. The van der Waals surface area contributed by atoms with E-state index in [9.17, 15) is 9.59 Å². The number of anilines is 1. The van der Waals surface area contributed by atoms with Crippen molar-refractivity contribution in [3.8, 4) is 11.3 Å². The molecular formula is C22H21N3O2. The van der Waals surface area contributed by atoms with Crippen LogP contribution in [0.3, 0.4) is 0 Å². The number of carbonyl (C=O) groups is 1. The molecule has 1 amide bonds. The molecule has 1 aliphatic heterocycles. The van der Waals surface area contributed by atoms with Crippen molar-refractivity contribution in [2.45, 2.75) is 26.3 Å². The maximum Gasteiger partial charge on any atom is 0.267 e. The summed E-state index contributed by atoms with van der Waals surface area (Å²) in [6, 6.07) is 19.1. The van der Waals surface area contributed by atoms with Crippen LogP contribution >= 0.6 is 0 Å². The van der Waals surface area contributed by atoms with E-state index in [1.54, 1.807) is 11.0 Å². The van der Waals surface area contributed by atoms with Crippen LogP contribution in [0.2, 0.25) is 0 Å². The zero-order valence-electron chi connectivity index (χ0n) is 15.3. The van der Waals surface area contributed by atoms with Crippen molar-refractivity contribution in [2.75, 3.05) is 11.4 Å². The monoisotopic (exact) mass is 359 g/mol. The molecule has 0 spiro atoms. The Morgan fingerprint density at radius 3 is 2.63 bits per heavy atom. The molecule has 4 rings (SSSR count). The second kappa shape index (κ2) is 7.19. The molecule has 0 aliphatic carbocycles. The lowest BCUT2D eigenvalue weighted by Gasteiger charge is -2.29. The summed E-state index contributed by atoms with van der Waals surface area (Å²) >= 11 is 0. The summed E-state index contributed by atoms with van der Waals surface area (Å²) in [6.45, 7) is 2.63. The van der Waals surface area contributed by atoms with E-state index in [2.05, 4.69) is 11.2 Å². The Morgan fingerprint density at radius 2 is 1.81 bits per heavy atom. The SMILES string of the molecule is Cc1ccc(-c2ccc(=O)n(CC(=O)N3CCCc4ccccc43)n2)cc1. The van der Waals surface area contributed by atoms with Crippen molar-refractivity contribution in [1.82, 2.24) is 9.78 Å². The molecule has 1 aliphatic rings. The third kappa shape index (κ3) is 3.53. The number of nitrogens with zero attached hydrogens (tertiary/aromatic N) is 3. The highest BCUT2D eigenvalue weighted by Crippen LogP contribution is 2.26. The molecule has 5 heteroatoms. The predicted molar refractivity (Wildman–Crippen MR) is 106 cm³/mol. The molecule has 2 heterocycles. The van der Waals surface area contributed by atoms with E-state index >= 15 is 0 Å². The maximum absolute atomic E-state index is 12.9. The summed E-state index contributed by atoms with van der Waals surface area (Å²) in [5.41, 5.74) is 4.60. The number of amides is 1. The summed E-state index contributed by atoms with van der Waals surface area (Å²) in [5.74, 6) is -0.113. The van der Waals surface area contributed by atoms with Crippen molar-refractivity contribution < 1.29 is 4.79 Å². The first-order valence-electron chi connectivity index (χ1n) is 9.15. The van der Waals surface area contributed by atoms with Gasteiger partial charge in [-0.15, -0.1) is 0 Å². The molecule has 0 atom stereocenters. The van der Waals surface area contributed by atoms with Gasteiger partial charge in [0.1, 0.15) is 6.54 Å². The van der Waals surface area contributed by atoms with Gasteiger partial charge >= 0.3 is 0 Å². The Labute approximate surface area is 157 Å². The van der Waals surface area contributed by atoms with Crippen LogP contribution in [0.1, 0.15) is 17.5 Å². The van der Waals surface area contributed by atoms with E-state index in [1.165, 1.54) is 16.3 Å². The number of rotatable bonds is 3. The largest absolute Gasteiger partial charge is 0.311 e. The van der Waals surface area contributed by atoms with Crippen molar-refractivity contribution in [2.24, 2.45) is 0 Å². The maximum atomic E-state index is 12.9. The van der Waals surface area contributed by atoms with Gasteiger partial charge in [0.2, 0.25) is 5.91 Å². The van der Waals surface area contributed by atoms with Gasteiger partial charge in [-0.1, -0.05) is 48.0 Å². The highest BCUT2D eigenvalue weighted by Gasteiger charge is 2.22. The molecule has 0 bridgehead atoms. The molecule has 0 N–H and O–H groups in total. The molecular weight excluding hydrogens is 338 g/mol. The lowest BCUT2D eigenvalue weighted by Crippen LogP contribution is -2.40. The second-order valence-corrected chi connectivity index (χ2v) is 6.86. The molecule has 27 heavy (non-hydrogen) atoms. The smallest absolute Gasteiger partial charge is 0.267 e. The van der Waals surface area contributed by atoms with Gasteiger partial charge < -0.3 is 4.90 Å². The summed E-state index contributed by atoms with van der Waals surface area (Å²) in [5, 5.41) is 4.42. The normalized spacial score (nSPS) is 13.3. The van der Waals surface area contributed by atoms with Gasteiger partial charge in [0, 0.05) is 23.9 Å². The van der Waals surface area contributed by atoms with Crippen LogP contribution in [0.4, 0.5) is 5.69 Å². The third-order valence-electron chi connectivity index (χ3n) is 4.91. The summed E-state index contributed by atoms with van der Waals surface area (Å²) in [4.78, 5) is 26.9. The first-order valence-corrected chi connectivity index (χ1v) is 9.15. The molecule has 0 radical (unpaired) electrons. The average molecular weight is 359 g/mol. The summed E-state index contributed by atoms with van der Waals surface area (Å²) in [7, 11) is 0. The molecule has 0 fully saturated rings. The minimum atomic E-state index is -0.274. The summed E-state index contributed by atoms with van der Waals surface area (Å²) < 4.78 is 1.26. The zero-order valence-corrected chi connectivity index (χ0v) is 15.3. The van der Waals surface area contributed by atoms with Gasteiger partial charge in [-0.05, 0) is 37.5 Å². The van der Waals surface area contributed by atoms with Crippen molar-refractivity contribution in [3.05, 3.63) is 82.1 Å². The Bertz CT molecular complexity index is 1040. The quantitative estimate of drug-likeness (QED) is 0.722. The molecule has 0 unspecified atom stereocenters. The zero-order chi connectivity index (χ0) is 18.8. The Kier molecular flexibility index (Phi) is 4.59. The van der Waals surface area contributed by atoms with E-state index in [-0.39, 0.29) is 18.0 Å². The molecule has 0 saturated heterocycles. The van der Waals surface area contributed by atoms with Crippen LogP contribution in [0.5, 0.6) is 0 Å². The number of fused-ring (bicyclic) bond motifs is 1. The Hall–Kier alpha value is -3.21. The Morgan fingerprint density at radius 1 is 1.04 bits per heavy atom. The summed E-state index contributed by atoms with van der Waals surface area (Å²) in [6.07, 6.45) is 1.90. The lowest BCUT2D eigenvalue weighted by molar-refractivity contribution is -0.119. The van der Waals surface area contributed by atoms with Gasteiger partial charge in [0.05, 0.1) is 5.69 Å². The van der Waals surface area contributed by atoms with E-state index < -0.39 is 0 Å². The number of hydrogen-bond donors (Lipinski definition) is 0. The van der Waals surface area contributed by atoms with Crippen LogP contribution in [0.15, 0.2) is 65.5 Å². The van der Waals surface area contributed by atoms with E-state index in [0.717, 1.165) is 29.7 Å². The highest BCUT2D eigenvalue weighted by atomic mass is 16.2. The molecule has 2 aromatic carbocycles. The highest BCUT2D eigenvalue weighted by molar-refractivity contribution is 5.94. The van der Waals surface area contributed by atoms with E-state index in [0.29, 0.717) is 12.2 Å². The average Bonchev–Trinajstić information content (AvgIpc) is 2.70. The van der Waals surface area contributed by atoms with Gasteiger partial charge in [-0.25, -0.2) is 4.68 Å². The number of aryl methyl sites for hydroxylation is 2. The fourth-order valence-electron chi connectivity index (χ4n) is 3.45. The van der Waals surface area contributed by atoms with Crippen LogP contribution in [0.25, 0.3) is 11.3 Å². The fraction of sp³-hybridized carbons (Fsp3) is 0.227. The van der Waals surface area contributed by atoms with Gasteiger partial charge in [-0.3, -0.25) is 9.59 Å². The molecule has 1 aromatic heterocycles. The second-order valence-electron chi connectivity index (χ2n) is 6.86. The third-order valence-corrected chi connectivity index (χ3v) is 4.91. The van der Waals surface area contributed by atoms with Crippen LogP contribution in [-0.2, 0) is 17.8 Å². The van der Waals surface area contributed by atoms with Crippen LogP contribution in [0, 0.1) is 6.92 Å². The number of para-hydroxylation sites is 1. The minimum Gasteiger partial charge on any atom is -0.311 e. The number of hydrogen-bond acceptors (Lipinski definition) is 3. The first-order chi connectivity index (χ1) is 13.1. The standard InChI is InChI=1S/C22H21N3O2/c1-16-8-10-17(11-9-16)19-12-13-21(26)25(23-19)15-22(27)24-14-4-6-18-5-2-3-7-20(18)24/h2-3,5,7-13H,4,6,14-15H2,1H3. The van der Waals surface area contributed by atoms with Gasteiger partial charge in [-0.2, -0.15) is 5.10 Å². The van der Waals surface area contributed by atoms with E-state index in [1.807, 2.05) is 49.4 Å². The Balaban J connectivity index is 1.61. The molecule has 5 nitrogen and oxygen atoms in total. The van der Waals surface area contributed by atoms with Gasteiger partial charge in [0.25, 0.3) is 5.56 Å². The number of carbonyl (C=O) groups excluding carboxylic acids is 1. The molecule has 136 valence electrons. The van der Waals surface area contributed by atoms with Crippen molar-refractivity contribution in [3.63, 3.8) is 0 Å². The molecule has 3 aromatic rings. The molecule has 0 saturated carbocycles. The lowest BCUT2D eigenvalue weighted by atomic mass is 10.0. The van der Waals surface area contributed by atoms with Gasteiger partial charge in [0.15, 0.2) is 0 Å². The van der Waals surface area contributed by atoms with Crippen LogP contribution in [-0.4, -0.2) is 22.2 Å². The first kappa shape index (κ1) is 17.2. The minimum absolute atomic E-state index is 0.0626. The van der Waals surface area contributed by atoms with Crippen molar-refractivity contribution >= 4 is 11.6 Å². The fourth-order valence-corrected chi connectivity index (χ4v) is 3.45. The predicted octanol–water partition coefficient (Wildman–Crippen LogP) is 3.20. The van der Waals surface area contributed by atoms with Crippen LogP contribution < -0.4 is 10.5 Å². The van der Waals surface area contributed by atoms with E-state index in [4.69, 9.17) is 0 Å². The number of benzene rings is 2.